The second-order valence-corrected chi connectivity index (χ2v) is 11.6. The molecule has 5 fully saturated rings. The van der Waals surface area contributed by atoms with E-state index in [0.717, 1.165) is 31.3 Å². The Bertz CT molecular complexity index is 899. The fourth-order valence-corrected chi connectivity index (χ4v) is 9.50. The summed E-state index contributed by atoms with van der Waals surface area (Å²) in [5.41, 5.74) is -1.13. The fourth-order valence-electron chi connectivity index (χ4n) is 9.50. The molecule has 1 saturated heterocycles. The highest BCUT2D eigenvalue weighted by molar-refractivity contribution is 5.85. The van der Waals surface area contributed by atoms with Crippen LogP contribution < -0.4 is 0 Å². The Labute approximate surface area is 188 Å². The Morgan fingerprint density at radius 3 is 2.66 bits per heavy atom. The number of hydrogen-bond donors (Lipinski definition) is 2. The van der Waals surface area contributed by atoms with Crippen LogP contribution in [0.2, 0.25) is 0 Å². The first-order chi connectivity index (χ1) is 15.1. The Balaban J connectivity index is 1.35. The van der Waals surface area contributed by atoms with Gasteiger partial charge < -0.3 is 24.4 Å². The zero-order valence-electron chi connectivity index (χ0n) is 19.0. The molecule has 176 valence electrons. The van der Waals surface area contributed by atoms with Crippen LogP contribution in [0.4, 0.5) is 0 Å². The topological polar surface area (TPSA) is 102 Å². The van der Waals surface area contributed by atoms with E-state index in [-0.39, 0.29) is 35.3 Å². The first-order valence-corrected chi connectivity index (χ1v) is 12.3. The predicted octanol–water partition coefficient (Wildman–Crippen LogP) is 2.63. The molecule has 9 atom stereocenters. The van der Waals surface area contributed by atoms with Gasteiger partial charge in [-0.3, -0.25) is 4.79 Å². The second kappa shape index (κ2) is 6.57. The lowest BCUT2D eigenvalue weighted by atomic mass is 9.42. The van der Waals surface area contributed by atoms with Crippen molar-refractivity contribution in [3.63, 3.8) is 0 Å². The highest BCUT2D eigenvalue weighted by atomic mass is 16.6. The zero-order valence-corrected chi connectivity index (χ0v) is 19.0. The summed E-state index contributed by atoms with van der Waals surface area (Å²) in [4.78, 5) is 23.3. The molecule has 1 spiro atoms. The van der Waals surface area contributed by atoms with Crippen LogP contribution in [0.15, 0.2) is 11.6 Å². The van der Waals surface area contributed by atoms with Crippen LogP contribution in [0, 0.1) is 28.6 Å². The van der Waals surface area contributed by atoms with Gasteiger partial charge in [0.1, 0.15) is 12.7 Å². The van der Waals surface area contributed by atoms with Gasteiger partial charge in [0.15, 0.2) is 6.29 Å². The molecule has 0 aromatic rings. The van der Waals surface area contributed by atoms with E-state index in [9.17, 15) is 19.8 Å². The van der Waals surface area contributed by atoms with Crippen LogP contribution in [-0.4, -0.2) is 52.4 Å². The minimum Gasteiger partial charge on any atom is -0.462 e. The molecule has 6 aliphatic rings. The summed E-state index contributed by atoms with van der Waals surface area (Å²) < 4.78 is 17.3. The quantitative estimate of drug-likeness (QED) is 0.629. The van der Waals surface area contributed by atoms with Crippen LogP contribution in [0.1, 0.15) is 71.6 Å². The number of esters is 2. The van der Waals surface area contributed by atoms with E-state index < -0.39 is 22.9 Å². The summed E-state index contributed by atoms with van der Waals surface area (Å²) in [6.07, 6.45) is 7.15. The molecule has 32 heavy (non-hydrogen) atoms. The highest BCUT2D eigenvalue weighted by Gasteiger charge is 2.79. The first kappa shape index (κ1) is 21.1. The zero-order chi connectivity index (χ0) is 22.5. The second-order valence-electron chi connectivity index (χ2n) is 11.6. The summed E-state index contributed by atoms with van der Waals surface area (Å²) in [6, 6.07) is 0. The van der Waals surface area contributed by atoms with Crippen LogP contribution in [0.25, 0.3) is 0 Å². The SMILES string of the molecule is CC(=O)O[C@H]1CC[C@@]23[C@@H]4CC[C@@]5(C)[C@H](C6=CC(=O)OC6)CC[C@@H]5[C@]4(CC[C@@]2(O)C1)O[C@@H]3O. The van der Waals surface area contributed by atoms with Crippen molar-refractivity contribution < 1.29 is 34.0 Å². The van der Waals surface area contributed by atoms with Crippen LogP contribution >= 0.6 is 0 Å². The third kappa shape index (κ3) is 2.43. The molecule has 4 saturated carbocycles. The van der Waals surface area contributed by atoms with Crippen LogP contribution in [0.3, 0.4) is 0 Å². The molecule has 0 radical (unpaired) electrons. The van der Waals surface area contributed by atoms with Crippen molar-refractivity contribution in [3.05, 3.63) is 11.6 Å². The van der Waals surface area contributed by atoms with E-state index in [2.05, 4.69) is 6.92 Å². The monoisotopic (exact) mass is 446 g/mol. The lowest BCUT2D eigenvalue weighted by Gasteiger charge is -2.63. The molecular weight excluding hydrogens is 412 g/mol. The number of cyclic esters (lactones) is 1. The Morgan fingerprint density at radius 2 is 1.94 bits per heavy atom. The standard InChI is InChI=1S/C25H34O7/c1-14(26)31-16-5-8-24-19-6-7-22(2)17(15-11-20(27)30-13-15)3-4-18(22)25(19,32-21(24)28)10-9-23(24,29)12-16/h11,16-19,21,28-29H,3-10,12-13H2,1-2H3/t16-,17-,18-,19-,21-,22-,23+,24-,25-/m0/s1. The van der Waals surface area contributed by atoms with Crippen molar-refractivity contribution in [3.8, 4) is 0 Å². The Kier molecular flexibility index (Phi) is 4.34. The van der Waals surface area contributed by atoms with Crippen LogP contribution in [0.5, 0.6) is 0 Å². The van der Waals surface area contributed by atoms with E-state index in [1.807, 2.05) is 0 Å². The molecule has 7 heteroatoms. The maximum atomic E-state index is 11.9. The van der Waals surface area contributed by atoms with E-state index in [1.54, 1.807) is 6.08 Å². The van der Waals surface area contributed by atoms with Gasteiger partial charge in [0.2, 0.25) is 0 Å². The molecule has 7 nitrogen and oxygen atoms in total. The molecule has 2 heterocycles. The highest BCUT2D eigenvalue weighted by Crippen LogP contribution is 2.76. The van der Waals surface area contributed by atoms with Crippen molar-refractivity contribution in [2.24, 2.45) is 28.6 Å². The smallest absolute Gasteiger partial charge is 0.331 e. The third-order valence-electron chi connectivity index (χ3n) is 10.6. The van der Waals surface area contributed by atoms with Gasteiger partial charge in [-0.2, -0.15) is 0 Å². The van der Waals surface area contributed by atoms with Gasteiger partial charge >= 0.3 is 11.9 Å². The van der Waals surface area contributed by atoms with Gasteiger partial charge in [-0.25, -0.2) is 4.79 Å². The van der Waals surface area contributed by atoms with Crippen molar-refractivity contribution in [1.82, 2.24) is 0 Å². The summed E-state index contributed by atoms with van der Waals surface area (Å²) in [6.45, 7) is 4.14. The number of aliphatic hydroxyl groups is 2. The van der Waals surface area contributed by atoms with E-state index >= 15 is 0 Å². The minimum atomic E-state index is -1.09. The number of hydrogen-bond acceptors (Lipinski definition) is 7. The predicted molar refractivity (Wildman–Crippen MR) is 112 cm³/mol. The number of aliphatic hydroxyl groups excluding tert-OH is 1. The first-order valence-electron chi connectivity index (χ1n) is 12.3. The molecule has 2 aliphatic heterocycles. The Morgan fingerprint density at radius 1 is 1.12 bits per heavy atom. The van der Waals surface area contributed by atoms with Crippen molar-refractivity contribution in [2.75, 3.05) is 6.61 Å². The summed E-state index contributed by atoms with van der Waals surface area (Å²) >= 11 is 0. The Hall–Kier alpha value is -1.44. The van der Waals surface area contributed by atoms with Gasteiger partial charge in [0, 0.05) is 25.3 Å². The molecule has 0 aromatic heterocycles. The molecule has 0 aromatic carbocycles. The van der Waals surface area contributed by atoms with Crippen LogP contribution in [-0.2, 0) is 23.8 Å². The number of rotatable bonds is 2. The van der Waals surface area contributed by atoms with Gasteiger partial charge in [-0.15, -0.1) is 0 Å². The van der Waals surface area contributed by atoms with Gasteiger partial charge in [0.05, 0.1) is 16.6 Å². The van der Waals surface area contributed by atoms with Gasteiger partial charge in [0.25, 0.3) is 0 Å². The molecule has 0 unspecified atom stereocenters. The summed E-state index contributed by atoms with van der Waals surface area (Å²) in [7, 11) is 0. The van der Waals surface area contributed by atoms with Crippen molar-refractivity contribution >= 4 is 11.9 Å². The van der Waals surface area contributed by atoms with Gasteiger partial charge in [-0.05, 0) is 74.2 Å². The molecule has 4 aliphatic carbocycles. The van der Waals surface area contributed by atoms with E-state index in [0.29, 0.717) is 44.6 Å². The molecule has 6 rings (SSSR count). The van der Waals surface area contributed by atoms with Gasteiger partial charge in [-0.1, -0.05) is 6.92 Å². The fraction of sp³-hybridized carbons (Fsp3) is 0.840. The maximum Gasteiger partial charge on any atom is 0.331 e. The van der Waals surface area contributed by atoms with Crippen molar-refractivity contribution in [2.45, 2.75) is 95.2 Å². The van der Waals surface area contributed by atoms with E-state index in [4.69, 9.17) is 14.2 Å². The van der Waals surface area contributed by atoms with Crippen molar-refractivity contribution in [1.29, 1.82) is 0 Å². The normalized spacial score (nSPS) is 53.7. The number of fused-ring (bicyclic) bond motifs is 1. The number of carbonyl (C=O) groups is 2. The summed E-state index contributed by atoms with van der Waals surface area (Å²) in [5, 5.41) is 23.3. The molecule has 2 N–H and O–H groups in total. The number of ether oxygens (including phenoxy) is 3. The molecular formula is C25H34O7. The van der Waals surface area contributed by atoms with E-state index in [1.165, 1.54) is 6.92 Å². The average Bonchev–Trinajstić information content (AvgIpc) is 3.34. The third-order valence-corrected chi connectivity index (χ3v) is 10.6. The molecule has 0 amide bonds. The number of carbonyl (C=O) groups excluding carboxylic acids is 2. The minimum absolute atomic E-state index is 0.00797. The lowest BCUT2D eigenvalue weighted by Crippen LogP contribution is -2.67. The largest absolute Gasteiger partial charge is 0.462 e. The molecule has 2 bridgehead atoms. The lowest BCUT2D eigenvalue weighted by molar-refractivity contribution is -0.234. The maximum absolute atomic E-state index is 11.9. The summed E-state index contributed by atoms with van der Waals surface area (Å²) in [5.74, 6) is 0.108. The average molecular weight is 447 g/mol.